The Bertz CT molecular complexity index is 1350. The van der Waals surface area contributed by atoms with E-state index >= 15 is 0 Å². The van der Waals surface area contributed by atoms with Crippen LogP contribution in [0.1, 0.15) is 43.2 Å². The van der Waals surface area contributed by atoms with Crippen molar-refractivity contribution in [2.45, 2.75) is 69.1 Å². The molecule has 2 aromatic rings. The Morgan fingerprint density at radius 2 is 1.52 bits per heavy atom. The highest BCUT2D eigenvalue weighted by Crippen LogP contribution is 2.19. The summed E-state index contributed by atoms with van der Waals surface area (Å²) in [5.74, 6) is -3.04. The predicted octanol–water partition coefficient (Wildman–Crippen LogP) is -1.16. The zero-order valence-electron chi connectivity index (χ0n) is 25.8. The standard InChI is InChI=1S/C32H44N8O6/c33-28(43)23(13-7-17-36-32(34)35)38-29(44)24(19-22-11-5-2-6-12-22)39-30(45)26-14-8-18-40(26)31(46)25(20-41)37-27(42)16-15-21-9-3-1-4-10-21/h1-6,9-12,23-26,41H,7-8,13-20H2,(H2,33,43)(H,37,42)(H,38,44)(H,39,45)(H4,34,35,36)/t23-,24-,25-,26-/m0/s1. The summed E-state index contributed by atoms with van der Waals surface area (Å²) in [4.78, 5) is 70.3. The van der Waals surface area contributed by atoms with Gasteiger partial charge in [-0.3, -0.25) is 29.0 Å². The normalized spacial score (nSPS) is 16.0. The average molecular weight is 637 g/mol. The van der Waals surface area contributed by atoms with Crippen LogP contribution >= 0.6 is 0 Å². The summed E-state index contributed by atoms with van der Waals surface area (Å²) >= 11 is 0. The molecule has 0 radical (unpaired) electrons. The van der Waals surface area contributed by atoms with Crippen LogP contribution in [-0.4, -0.2) is 89.4 Å². The van der Waals surface area contributed by atoms with Crippen LogP contribution in [0.25, 0.3) is 0 Å². The monoisotopic (exact) mass is 636 g/mol. The predicted molar refractivity (Wildman–Crippen MR) is 172 cm³/mol. The van der Waals surface area contributed by atoms with E-state index in [0.717, 1.165) is 11.1 Å². The smallest absolute Gasteiger partial charge is 0.248 e. The van der Waals surface area contributed by atoms with Crippen LogP contribution in [0.4, 0.5) is 0 Å². The lowest BCUT2D eigenvalue weighted by molar-refractivity contribution is -0.143. The van der Waals surface area contributed by atoms with E-state index in [2.05, 4.69) is 20.9 Å². The molecule has 14 heteroatoms. The Balaban J connectivity index is 1.67. The molecule has 3 rings (SSSR count). The fourth-order valence-electron chi connectivity index (χ4n) is 5.25. The van der Waals surface area contributed by atoms with Gasteiger partial charge in [-0.15, -0.1) is 0 Å². The number of amides is 5. The number of benzene rings is 2. The van der Waals surface area contributed by atoms with Crippen LogP contribution in [0.5, 0.6) is 0 Å². The van der Waals surface area contributed by atoms with Gasteiger partial charge >= 0.3 is 0 Å². The quantitative estimate of drug-likeness (QED) is 0.0634. The Kier molecular flexibility index (Phi) is 14.0. The second kappa shape index (κ2) is 18.1. The molecule has 1 aliphatic heterocycles. The van der Waals surface area contributed by atoms with E-state index in [-0.39, 0.29) is 38.3 Å². The van der Waals surface area contributed by atoms with E-state index in [0.29, 0.717) is 25.7 Å². The van der Waals surface area contributed by atoms with E-state index in [1.807, 2.05) is 36.4 Å². The van der Waals surface area contributed by atoms with E-state index < -0.39 is 60.3 Å². The molecule has 1 heterocycles. The zero-order valence-corrected chi connectivity index (χ0v) is 25.8. The SMILES string of the molecule is NC(=O)[C@H](CCCN=C(N)N)NC(=O)[C@H](Cc1ccccc1)NC(=O)[C@@H]1CCCN1C(=O)[C@H](CO)NC(=O)CCc1ccccc1. The molecule has 46 heavy (non-hydrogen) atoms. The van der Waals surface area contributed by atoms with E-state index in [9.17, 15) is 29.1 Å². The maximum Gasteiger partial charge on any atom is 0.248 e. The van der Waals surface area contributed by atoms with Crippen molar-refractivity contribution in [2.24, 2.45) is 22.2 Å². The van der Waals surface area contributed by atoms with Gasteiger partial charge in [0.25, 0.3) is 0 Å². The van der Waals surface area contributed by atoms with Crippen molar-refractivity contribution in [1.29, 1.82) is 0 Å². The van der Waals surface area contributed by atoms with E-state index in [4.69, 9.17) is 17.2 Å². The minimum absolute atomic E-state index is 0.0968. The molecule has 1 fully saturated rings. The molecular formula is C32H44N8O6. The fraction of sp³-hybridized carbons (Fsp3) is 0.438. The van der Waals surface area contributed by atoms with Gasteiger partial charge in [0.05, 0.1) is 6.61 Å². The molecule has 14 nitrogen and oxygen atoms in total. The topological polar surface area (TPSA) is 235 Å². The van der Waals surface area contributed by atoms with Crippen LogP contribution in [0, 0.1) is 0 Å². The van der Waals surface area contributed by atoms with Gasteiger partial charge in [0.1, 0.15) is 24.2 Å². The summed E-state index contributed by atoms with van der Waals surface area (Å²) in [5, 5.41) is 17.9. The van der Waals surface area contributed by atoms with Crippen molar-refractivity contribution in [3.63, 3.8) is 0 Å². The van der Waals surface area contributed by atoms with Crippen molar-refractivity contribution < 1.29 is 29.1 Å². The van der Waals surface area contributed by atoms with Gasteiger partial charge < -0.3 is 43.2 Å². The highest BCUT2D eigenvalue weighted by Gasteiger charge is 2.39. The highest BCUT2D eigenvalue weighted by molar-refractivity contribution is 5.96. The number of likely N-dealkylation sites (tertiary alicyclic amines) is 1. The number of hydrogen-bond acceptors (Lipinski definition) is 7. The molecule has 0 aromatic heterocycles. The lowest BCUT2D eigenvalue weighted by Gasteiger charge is -2.29. The first-order valence-electron chi connectivity index (χ1n) is 15.3. The van der Waals surface area contributed by atoms with E-state index in [1.165, 1.54) is 4.90 Å². The number of aliphatic imine (C=N–C) groups is 1. The molecular weight excluding hydrogens is 592 g/mol. The number of carbonyl (C=O) groups excluding carboxylic acids is 5. The Hall–Kier alpha value is -4.98. The number of nitrogens with zero attached hydrogens (tertiary/aromatic N) is 2. The fourth-order valence-corrected chi connectivity index (χ4v) is 5.25. The second-order valence-corrected chi connectivity index (χ2v) is 11.1. The van der Waals surface area contributed by atoms with Crippen molar-refractivity contribution in [3.8, 4) is 0 Å². The lowest BCUT2D eigenvalue weighted by atomic mass is 10.0. The molecule has 0 unspecified atom stereocenters. The van der Waals surface area contributed by atoms with Crippen LogP contribution in [0.2, 0.25) is 0 Å². The third-order valence-corrected chi connectivity index (χ3v) is 7.66. The molecule has 0 bridgehead atoms. The minimum atomic E-state index is -1.23. The van der Waals surface area contributed by atoms with Crippen molar-refractivity contribution in [1.82, 2.24) is 20.9 Å². The number of primary amides is 1. The number of nitrogens with two attached hydrogens (primary N) is 3. The number of nitrogens with one attached hydrogen (secondary N) is 3. The molecule has 0 aliphatic carbocycles. The molecule has 1 saturated heterocycles. The van der Waals surface area contributed by atoms with Gasteiger partial charge in [-0.1, -0.05) is 60.7 Å². The Morgan fingerprint density at radius 1 is 0.870 bits per heavy atom. The summed E-state index contributed by atoms with van der Waals surface area (Å²) < 4.78 is 0. The molecule has 10 N–H and O–H groups in total. The maximum atomic E-state index is 13.6. The maximum absolute atomic E-state index is 13.6. The van der Waals surface area contributed by atoms with Crippen molar-refractivity contribution in [3.05, 3.63) is 71.8 Å². The van der Waals surface area contributed by atoms with Crippen molar-refractivity contribution in [2.75, 3.05) is 19.7 Å². The van der Waals surface area contributed by atoms with Gasteiger partial charge in [0.2, 0.25) is 29.5 Å². The summed E-state index contributed by atoms with van der Waals surface area (Å²) in [6.07, 6.45) is 2.07. The van der Waals surface area contributed by atoms with Gasteiger partial charge in [-0.25, -0.2) is 0 Å². The molecule has 248 valence electrons. The summed E-state index contributed by atoms with van der Waals surface area (Å²) in [5.41, 5.74) is 17.9. The number of guanidine groups is 1. The first-order chi connectivity index (χ1) is 22.1. The molecule has 4 atom stereocenters. The van der Waals surface area contributed by atoms with Crippen LogP contribution in [0.15, 0.2) is 65.7 Å². The summed E-state index contributed by atoms with van der Waals surface area (Å²) in [6, 6.07) is 14.1. The third kappa shape index (κ3) is 11.2. The number of aliphatic hydroxyl groups is 1. The molecule has 1 aliphatic rings. The lowest BCUT2D eigenvalue weighted by Crippen LogP contribution is -2.58. The molecule has 5 amide bonds. The van der Waals surface area contributed by atoms with Crippen LogP contribution in [-0.2, 0) is 36.8 Å². The van der Waals surface area contributed by atoms with E-state index in [1.54, 1.807) is 24.3 Å². The molecule has 2 aromatic carbocycles. The number of aliphatic hydroxyl groups excluding tert-OH is 1. The Morgan fingerprint density at radius 3 is 2.13 bits per heavy atom. The zero-order chi connectivity index (χ0) is 33.5. The van der Waals surface area contributed by atoms with Gasteiger partial charge in [-0.2, -0.15) is 0 Å². The van der Waals surface area contributed by atoms with Gasteiger partial charge in [-0.05, 0) is 43.2 Å². The summed E-state index contributed by atoms with van der Waals surface area (Å²) in [7, 11) is 0. The van der Waals surface area contributed by atoms with Crippen LogP contribution in [0.3, 0.4) is 0 Å². The first kappa shape index (κ1) is 35.5. The number of carbonyl (C=O) groups is 5. The Labute approximate surface area is 268 Å². The number of aryl methyl sites for hydroxylation is 1. The first-order valence-corrected chi connectivity index (χ1v) is 15.3. The molecule has 0 spiro atoms. The average Bonchev–Trinajstić information content (AvgIpc) is 3.54. The number of rotatable bonds is 17. The molecule has 0 saturated carbocycles. The highest BCUT2D eigenvalue weighted by atomic mass is 16.3. The minimum Gasteiger partial charge on any atom is -0.394 e. The van der Waals surface area contributed by atoms with Gasteiger partial charge in [0, 0.05) is 25.9 Å². The van der Waals surface area contributed by atoms with Gasteiger partial charge in [0.15, 0.2) is 5.96 Å². The third-order valence-electron chi connectivity index (χ3n) is 7.66. The van der Waals surface area contributed by atoms with Crippen molar-refractivity contribution >= 4 is 35.5 Å². The second-order valence-electron chi connectivity index (χ2n) is 11.1. The van der Waals surface area contributed by atoms with Crippen LogP contribution < -0.4 is 33.2 Å². The number of hydrogen-bond donors (Lipinski definition) is 7. The largest absolute Gasteiger partial charge is 0.394 e. The summed E-state index contributed by atoms with van der Waals surface area (Å²) in [6.45, 7) is -0.167.